The lowest BCUT2D eigenvalue weighted by atomic mass is 10.1. The van der Waals surface area contributed by atoms with Gasteiger partial charge in [0.1, 0.15) is 13.0 Å². The van der Waals surface area contributed by atoms with Gasteiger partial charge in [0.05, 0.1) is 0 Å². The molecule has 4 heterocycles. The molecule has 0 N–H and O–H groups in total. The summed E-state index contributed by atoms with van der Waals surface area (Å²) in [5.74, 6) is 0. The molecular weight excluding hydrogens is 529 g/mol. The molecule has 0 radical (unpaired) electrons. The summed E-state index contributed by atoms with van der Waals surface area (Å²) in [6, 6.07) is 0. The standard InChI is InChI=1S/C21H30N6S6/c28-19(25-10-4-1-5-11-25)31-16-22-17(32-20(29)26-12-6-2-7-13-26)24-18(23-16)33-21(30)27-14-8-3-9-15-27/h1-15H2. The minimum Gasteiger partial charge on any atom is -0.357 e. The molecule has 12 heteroatoms. The highest BCUT2D eigenvalue weighted by Crippen LogP contribution is 2.29. The fourth-order valence-corrected chi connectivity index (χ4v) is 7.70. The van der Waals surface area contributed by atoms with Gasteiger partial charge in [-0.25, -0.2) is 0 Å². The summed E-state index contributed by atoms with van der Waals surface area (Å²) in [6.07, 6.45) is 11.0. The Morgan fingerprint density at radius 3 is 0.939 bits per heavy atom. The summed E-state index contributed by atoms with van der Waals surface area (Å²) in [4.78, 5) is 21.0. The number of nitrogens with zero attached hydrogens (tertiary/aromatic N) is 6. The van der Waals surface area contributed by atoms with Crippen LogP contribution in [0.25, 0.3) is 0 Å². The van der Waals surface area contributed by atoms with Gasteiger partial charge in [0, 0.05) is 39.3 Å². The summed E-state index contributed by atoms with van der Waals surface area (Å²) >= 11 is 21.6. The summed E-state index contributed by atoms with van der Waals surface area (Å²) in [6.45, 7) is 6.07. The molecule has 0 saturated carbocycles. The average Bonchev–Trinajstić information content (AvgIpc) is 2.85. The van der Waals surface area contributed by atoms with E-state index in [0.717, 1.165) is 52.2 Å². The van der Waals surface area contributed by atoms with Crippen LogP contribution in [0.15, 0.2) is 15.5 Å². The first-order valence-electron chi connectivity index (χ1n) is 11.7. The van der Waals surface area contributed by atoms with Crippen LogP contribution < -0.4 is 0 Å². The van der Waals surface area contributed by atoms with Crippen LogP contribution in [-0.2, 0) is 0 Å². The molecule has 3 fully saturated rings. The molecule has 1 aromatic rings. The second-order valence-corrected chi connectivity index (χ2v) is 13.2. The number of thiocarbonyl (C=S) groups is 3. The van der Waals surface area contributed by atoms with Gasteiger partial charge in [-0.3, -0.25) is 0 Å². The van der Waals surface area contributed by atoms with Crippen LogP contribution in [0.2, 0.25) is 0 Å². The maximum atomic E-state index is 5.73. The molecule has 0 spiro atoms. The maximum Gasteiger partial charge on any atom is 0.199 e. The van der Waals surface area contributed by atoms with Crippen LogP contribution in [0, 0.1) is 0 Å². The normalized spacial score (nSPS) is 19.5. The predicted octanol–water partition coefficient (Wildman–Crippen LogP) is 5.46. The van der Waals surface area contributed by atoms with Crippen molar-refractivity contribution in [2.24, 2.45) is 0 Å². The SMILES string of the molecule is S=C(Sc1nc(SC(=S)N2CCCCC2)nc(SC(=S)N2CCCCC2)n1)N1CCCCC1. The molecule has 3 aliphatic rings. The molecule has 33 heavy (non-hydrogen) atoms. The summed E-state index contributed by atoms with van der Waals surface area (Å²) < 4.78 is 2.51. The first kappa shape index (κ1) is 25.8. The molecular formula is C21H30N6S6. The molecule has 3 saturated heterocycles. The van der Waals surface area contributed by atoms with Crippen molar-refractivity contribution < 1.29 is 0 Å². The molecule has 0 atom stereocenters. The lowest BCUT2D eigenvalue weighted by Gasteiger charge is -2.29. The quantitative estimate of drug-likeness (QED) is 0.350. The number of likely N-dealkylation sites (tertiary alicyclic amines) is 3. The zero-order valence-electron chi connectivity index (χ0n) is 18.7. The topological polar surface area (TPSA) is 48.4 Å². The zero-order valence-corrected chi connectivity index (χ0v) is 23.6. The third kappa shape index (κ3) is 7.86. The highest BCUT2D eigenvalue weighted by molar-refractivity contribution is 8.24. The van der Waals surface area contributed by atoms with Crippen molar-refractivity contribution in [2.75, 3.05) is 39.3 Å². The lowest BCUT2D eigenvalue weighted by molar-refractivity contribution is 0.352. The van der Waals surface area contributed by atoms with Gasteiger partial charge in [0.2, 0.25) is 0 Å². The predicted molar refractivity (Wildman–Crippen MR) is 151 cm³/mol. The van der Waals surface area contributed by atoms with Crippen LogP contribution in [0.3, 0.4) is 0 Å². The Morgan fingerprint density at radius 1 is 0.455 bits per heavy atom. The number of hydrogen-bond donors (Lipinski definition) is 0. The van der Waals surface area contributed by atoms with Gasteiger partial charge < -0.3 is 14.7 Å². The smallest absolute Gasteiger partial charge is 0.199 e. The zero-order chi connectivity index (χ0) is 23.0. The molecule has 0 aromatic carbocycles. The van der Waals surface area contributed by atoms with Crippen molar-refractivity contribution >= 4 is 84.9 Å². The van der Waals surface area contributed by atoms with Gasteiger partial charge in [-0.15, -0.1) is 0 Å². The highest BCUT2D eigenvalue weighted by atomic mass is 32.2. The third-order valence-electron chi connectivity index (χ3n) is 5.95. The maximum absolute atomic E-state index is 5.73. The molecule has 180 valence electrons. The molecule has 0 aliphatic carbocycles. The van der Waals surface area contributed by atoms with Gasteiger partial charge in [-0.2, -0.15) is 15.0 Å². The van der Waals surface area contributed by atoms with E-state index in [-0.39, 0.29) is 0 Å². The van der Waals surface area contributed by atoms with Crippen molar-refractivity contribution in [3.8, 4) is 0 Å². The molecule has 1 aromatic heterocycles. The number of piperidine rings is 3. The minimum absolute atomic E-state index is 0.633. The van der Waals surface area contributed by atoms with E-state index in [9.17, 15) is 0 Å². The van der Waals surface area contributed by atoms with E-state index in [1.54, 1.807) is 0 Å². The van der Waals surface area contributed by atoms with E-state index in [4.69, 9.17) is 51.6 Å². The molecule has 0 bridgehead atoms. The molecule has 4 rings (SSSR count). The molecule has 6 nitrogen and oxygen atoms in total. The Labute approximate surface area is 225 Å². The molecule has 3 aliphatic heterocycles. The molecule has 0 unspecified atom stereocenters. The van der Waals surface area contributed by atoms with Crippen molar-refractivity contribution in [3.63, 3.8) is 0 Å². The van der Waals surface area contributed by atoms with Gasteiger partial charge in [0.25, 0.3) is 0 Å². The minimum atomic E-state index is 0.633. The second-order valence-electron chi connectivity index (χ2n) is 8.43. The van der Waals surface area contributed by atoms with E-state index in [2.05, 4.69) is 14.7 Å². The van der Waals surface area contributed by atoms with E-state index in [1.165, 1.54) is 93.1 Å². The van der Waals surface area contributed by atoms with Crippen molar-refractivity contribution in [1.29, 1.82) is 0 Å². The summed E-state index contributed by atoms with van der Waals surface area (Å²) in [5, 5.41) is 1.90. The van der Waals surface area contributed by atoms with Crippen molar-refractivity contribution in [1.82, 2.24) is 29.7 Å². The van der Waals surface area contributed by atoms with Crippen molar-refractivity contribution in [3.05, 3.63) is 0 Å². The Kier molecular flexibility index (Phi) is 10.3. The fraction of sp³-hybridized carbons (Fsp3) is 0.714. The highest BCUT2D eigenvalue weighted by Gasteiger charge is 2.22. The number of rotatable bonds is 3. The van der Waals surface area contributed by atoms with Gasteiger partial charge in [-0.05, 0) is 93.1 Å². The first-order chi connectivity index (χ1) is 16.1. The van der Waals surface area contributed by atoms with E-state index in [1.807, 2.05) is 0 Å². The van der Waals surface area contributed by atoms with Gasteiger partial charge in [0.15, 0.2) is 15.5 Å². The van der Waals surface area contributed by atoms with Crippen LogP contribution >= 0.6 is 71.9 Å². The monoisotopic (exact) mass is 558 g/mol. The Morgan fingerprint density at radius 2 is 0.697 bits per heavy atom. The van der Waals surface area contributed by atoms with Crippen LogP contribution in [0.4, 0.5) is 0 Å². The van der Waals surface area contributed by atoms with Crippen LogP contribution in [-0.4, -0.2) is 81.9 Å². The number of hydrogen-bond acceptors (Lipinski definition) is 9. The van der Waals surface area contributed by atoms with Crippen LogP contribution in [0.5, 0.6) is 0 Å². The van der Waals surface area contributed by atoms with Gasteiger partial charge in [-0.1, -0.05) is 36.7 Å². The van der Waals surface area contributed by atoms with Crippen LogP contribution in [0.1, 0.15) is 57.8 Å². The summed E-state index contributed by atoms with van der Waals surface area (Å²) in [5.41, 5.74) is 0. The Balaban J connectivity index is 1.48. The first-order valence-corrected chi connectivity index (χ1v) is 15.4. The second kappa shape index (κ2) is 13.2. The Hall–Kier alpha value is -0.270. The van der Waals surface area contributed by atoms with Gasteiger partial charge >= 0.3 is 0 Å². The molecule has 0 amide bonds. The number of aromatic nitrogens is 3. The number of thioether (sulfide) groups is 3. The third-order valence-corrected chi connectivity index (χ3v) is 9.87. The van der Waals surface area contributed by atoms with E-state index in [0.29, 0.717) is 15.5 Å². The Bertz CT molecular complexity index is 728. The lowest BCUT2D eigenvalue weighted by Crippen LogP contribution is -2.33. The largest absolute Gasteiger partial charge is 0.357 e. The van der Waals surface area contributed by atoms with E-state index >= 15 is 0 Å². The van der Waals surface area contributed by atoms with E-state index < -0.39 is 0 Å². The fourth-order valence-electron chi connectivity index (χ4n) is 4.11. The summed E-state index contributed by atoms with van der Waals surface area (Å²) in [7, 11) is 0. The average molecular weight is 559 g/mol. The van der Waals surface area contributed by atoms with Crippen molar-refractivity contribution in [2.45, 2.75) is 73.3 Å².